The van der Waals surface area contributed by atoms with Crippen LogP contribution in [0.25, 0.3) is 10.9 Å². The predicted octanol–water partition coefficient (Wildman–Crippen LogP) is 2.23. The molecule has 0 saturated carbocycles. The second-order valence-corrected chi connectivity index (χ2v) is 8.46. The maximum atomic E-state index is 12.2. The molecule has 8 nitrogen and oxygen atoms in total. The lowest BCUT2D eigenvalue weighted by Crippen LogP contribution is -2.52. The lowest BCUT2D eigenvalue weighted by Gasteiger charge is -2.34. The van der Waals surface area contributed by atoms with Crippen molar-refractivity contribution in [3.05, 3.63) is 30.1 Å². The minimum atomic E-state index is 0.0239. The van der Waals surface area contributed by atoms with Gasteiger partial charge in [0.2, 0.25) is 0 Å². The van der Waals surface area contributed by atoms with Crippen LogP contribution in [0.5, 0.6) is 0 Å². The van der Waals surface area contributed by atoms with Gasteiger partial charge in [0, 0.05) is 44.2 Å². The first-order valence-electron chi connectivity index (χ1n) is 10.8. The number of rotatable bonds is 8. The third-order valence-electron chi connectivity index (χ3n) is 5.16. The molecule has 1 aromatic heterocycles. The van der Waals surface area contributed by atoms with Crippen LogP contribution >= 0.6 is 0 Å². The number of para-hydroxylation sites is 1. The zero-order valence-corrected chi connectivity index (χ0v) is 18.7. The first-order chi connectivity index (χ1) is 14.4. The van der Waals surface area contributed by atoms with Crippen LogP contribution in [0.2, 0.25) is 0 Å². The molecule has 1 saturated heterocycles. The van der Waals surface area contributed by atoms with Crippen LogP contribution in [0, 0.1) is 0 Å². The Morgan fingerprint density at radius 3 is 2.57 bits per heavy atom. The highest BCUT2D eigenvalue weighted by Crippen LogP contribution is 2.21. The fourth-order valence-corrected chi connectivity index (χ4v) is 3.58. The van der Waals surface area contributed by atoms with E-state index in [9.17, 15) is 4.79 Å². The van der Waals surface area contributed by atoms with E-state index in [1.54, 1.807) is 0 Å². The Labute approximate surface area is 179 Å². The van der Waals surface area contributed by atoms with Gasteiger partial charge in [0.25, 0.3) is 0 Å². The third kappa shape index (κ3) is 6.27. The first kappa shape index (κ1) is 22.2. The van der Waals surface area contributed by atoms with Crippen LogP contribution in [0.15, 0.2) is 24.3 Å². The highest BCUT2D eigenvalue weighted by molar-refractivity contribution is 5.88. The molecule has 2 amide bonds. The smallest absolute Gasteiger partial charge is 0.317 e. The number of aromatic nitrogens is 2. The number of hydrogen-bond acceptors (Lipinski definition) is 6. The minimum absolute atomic E-state index is 0.0239. The molecular formula is C22H35N7O. The van der Waals surface area contributed by atoms with E-state index in [4.69, 9.17) is 9.97 Å². The van der Waals surface area contributed by atoms with Crippen LogP contribution in [-0.2, 0) is 6.54 Å². The summed E-state index contributed by atoms with van der Waals surface area (Å²) in [5.74, 6) is 1.73. The molecule has 1 fully saturated rings. The molecule has 1 aromatic carbocycles. The van der Waals surface area contributed by atoms with E-state index in [2.05, 4.69) is 40.6 Å². The molecule has 2 heterocycles. The number of carbonyl (C=O) groups excluding carboxylic acids is 1. The Morgan fingerprint density at radius 2 is 1.87 bits per heavy atom. The largest absolute Gasteiger partial charge is 0.369 e. The molecule has 3 rings (SSSR count). The molecule has 1 aliphatic rings. The van der Waals surface area contributed by atoms with Crippen molar-refractivity contribution >= 4 is 22.8 Å². The van der Waals surface area contributed by atoms with Crippen molar-refractivity contribution in [3.63, 3.8) is 0 Å². The molecule has 1 aliphatic heterocycles. The highest BCUT2D eigenvalue weighted by Gasteiger charge is 2.22. The van der Waals surface area contributed by atoms with Gasteiger partial charge in [0.15, 0.2) is 0 Å². The van der Waals surface area contributed by atoms with Crippen LogP contribution in [0.1, 0.15) is 26.1 Å². The molecule has 164 valence electrons. The number of hydrogen-bond donors (Lipinski definition) is 2. The van der Waals surface area contributed by atoms with E-state index in [-0.39, 0.29) is 12.1 Å². The van der Waals surface area contributed by atoms with Crippen LogP contribution in [0.3, 0.4) is 0 Å². The van der Waals surface area contributed by atoms with Crippen molar-refractivity contribution in [2.45, 2.75) is 32.9 Å². The summed E-state index contributed by atoms with van der Waals surface area (Å²) in [5, 5.41) is 7.53. The quantitative estimate of drug-likeness (QED) is 0.647. The average Bonchev–Trinajstić information content (AvgIpc) is 2.71. The molecular weight excluding hydrogens is 378 g/mol. The summed E-state index contributed by atoms with van der Waals surface area (Å²) in [6, 6.07) is 8.33. The minimum Gasteiger partial charge on any atom is -0.369 e. The number of fused-ring (bicyclic) bond motifs is 1. The van der Waals surface area contributed by atoms with Crippen LogP contribution in [0.4, 0.5) is 10.6 Å². The van der Waals surface area contributed by atoms with Gasteiger partial charge < -0.3 is 20.4 Å². The van der Waals surface area contributed by atoms with Gasteiger partial charge in [-0.2, -0.15) is 0 Å². The van der Waals surface area contributed by atoms with Crippen molar-refractivity contribution < 1.29 is 4.79 Å². The number of anilines is 1. The lowest BCUT2D eigenvalue weighted by atomic mass is 10.2. The molecule has 30 heavy (non-hydrogen) atoms. The Hall–Kier alpha value is -2.45. The highest BCUT2D eigenvalue weighted by atomic mass is 16.2. The van der Waals surface area contributed by atoms with Crippen LogP contribution < -0.4 is 10.6 Å². The fraction of sp³-hybridized carbons (Fsp3) is 0.591. The second-order valence-electron chi connectivity index (χ2n) is 8.46. The first-order valence-corrected chi connectivity index (χ1v) is 10.8. The number of carbonyl (C=O) groups is 1. The summed E-state index contributed by atoms with van der Waals surface area (Å²) < 4.78 is 0. The van der Waals surface area contributed by atoms with Gasteiger partial charge in [-0.3, -0.25) is 4.90 Å². The topological polar surface area (TPSA) is 76.6 Å². The molecule has 0 bridgehead atoms. The molecule has 0 aliphatic carbocycles. The Bertz CT molecular complexity index is 831. The second kappa shape index (κ2) is 10.5. The van der Waals surface area contributed by atoms with Crippen molar-refractivity contribution in [3.8, 4) is 0 Å². The normalized spacial score (nSPS) is 15.2. The van der Waals surface area contributed by atoms with Gasteiger partial charge in [0.05, 0.1) is 12.1 Å². The summed E-state index contributed by atoms with van der Waals surface area (Å²) in [6.07, 6.45) is 1.06. The summed E-state index contributed by atoms with van der Waals surface area (Å²) in [6.45, 7) is 9.68. The standard InChI is InChI=1S/C22H35N7O/c1-17(2)24-22(30)29-14-12-28(13-15-29)16-20-25-19-9-6-5-8-18(19)21(26-20)23-10-7-11-27(3)4/h5-6,8-9,17H,7,10-16H2,1-4H3,(H,24,30)(H,23,25,26). The van der Waals surface area contributed by atoms with Crippen molar-refractivity contribution in [2.75, 3.05) is 58.7 Å². The van der Waals surface area contributed by atoms with Gasteiger partial charge in [-0.25, -0.2) is 14.8 Å². The molecule has 0 radical (unpaired) electrons. The summed E-state index contributed by atoms with van der Waals surface area (Å²) in [4.78, 5) is 28.2. The summed E-state index contributed by atoms with van der Waals surface area (Å²) in [7, 11) is 4.18. The zero-order chi connectivity index (χ0) is 21.5. The monoisotopic (exact) mass is 413 g/mol. The number of nitrogens with zero attached hydrogens (tertiary/aromatic N) is 5. The maximum Gasteiger partial charge on any atom is 0.317 e. The molecule has 0 spiro atoms. The van der Waals surface area contributed by atoms with Crippen molar-refractivity contribution in [1.82, 2.24) is 30.0 Å². The number of amides is 2. The van der Waals surface area contributed by atoms with E-state index >= 15 is 0 Å². The Balaban J connectivity index is 1.63. The van der Waals surface area contributed by atoms with Crippen LogP contribution in [-0.4, -0.2) is 90.1 Å². The number of benzene rings is 1. The average molecular weight is 414 g/mol. The van der Waals surface area contributed by atoms with Gasteiger partial charge in [-0.1, -0.05) is 12.1 Å². The number of piperazine rings is 1. The summed E-state index contributed by atoms with van der Waals surface area (Å²) >= 11 is 0. The third-order valence-corrected chi connectivity index (χ3v) is 5.16. The SMILES string of the molecule is CC(C)NC(=O)N1CCN(Cc2nc(NCCCN(C)C)c3ccccc3n2)CC1. The van der Waals surface area contributed by atoms with E-state index in [1.165, 1.54) is 0 Å². The van der Waals surface area contributed by atoms with E-state index in [0.717, 1.165) is 68.2 Å². The van der Waals surface area contributed by atoms with Crippen molar-refractivity contribution in [2.24, 2.45) is 0 Å². The fourth-order valence-electron chi connectivity index (χ4n) is 3.58. The van der Waals surface area contributed by atoms with E-state index < -0.39 is 0 Å². The van der Waals surface area contributed by atoms with Gasteiger partial charge in [-0.15, -0.1) is 0 Å². The lowest BCUT2D eigenvalue weighted by molar-refractivity contribution is 0.132. The van der Waals surface area contributed by atoms with Gasteiger partial charge in [-0.05, 0) is 53.0 Å². The molecule has 2 N–H and O–H groups in total. The maximum absolute atomic E-state index is 12.2. The number of nitrogens with one attached hydrogen (secondary N) is 2. The van der Waals surface area contributed by atoms with E-state index in [1.807, 2.05) is 36.9 Å². The van der Waals surface area contributed by atoms with Gasteiger partial charge >= 0.3 is 6.03 Å². The van der Waals surface area contributed by atoms with E-state index in [0.29, 0.717) is 6.54 Å². The number of urea groups is 1. The van der Waals surface area contributed by atoms with Crippen molar-refractivity contribution in [1.29, 1.82) is 0 Å². The summed E-state index contributed by atoms with van der Waals surface area (Å²) in [5.41, 5.74) is 0.965. The molecule has 0 unspecified atom stereocenters. The zero-order valence-electron chi connectivity index (χ0n) is 18.7. The Morgan fingerprint density at radius 1 is 1.13 bits per heavy atom. The van der Waals surface area contributed by atoms with Gasteiger partial charge in [0.1, 0.15) is 11.6 Å². The Kier molecular flexibility index (Phi) is 7.81. The molecule has 2 aromatic rings. The molecule has 8 heteroatoms. The predicted molar refractivity (Wildman–Crippen MR) is 122 cm³/mol. The molecule has 0 atom stereocenters.